The van der Waals surface area contributed by atoms with Crippen LogP contribution in [0.1, 0.15) is 26.3 Å². The molecule has 2 N–H and O–H groups in total. The van der Waals surface area contributed by atoms with Crippen molar-refractivity contribution in [2.24, 2.45) is 0 Å². The van der Waals surface area contributed by atoms with Crippen molar-refractivity contribution < 1.29 is 13.9 Å². The molecular formula is C13H19FN2O2. The molecule has 1 aromatic rings. The maximum absolute atomic E-state index is 13.5. The van der Waals surface area contributed by atoms with E-state index in [1.165, 1.54) is 23.1 Å². The summed E-state index contributed by atoms with van der Waals surface area (Å²) in [7, 11) is 1.55. The second kappa shape index (κ2) is 5.25. The highest BCUT2D eigenvalue weighted by Crippen LogP contribution is 2.15. The molecule has 0 spiro atoms. The van der Waals surface area contributed by atoms with Crippen molar-refractivity contribution in [2.75, 3.05) is 12.8 Å². The van der Waals surface area contributed by atoms with Crippen LogP contribution in [0.2, 0.25) is 0 Å². The first kappa shape index (κ1) is 14.3. The van der Waals surface area contributed by atoms with E-state index in [2.05, 4.69) is 0 Å². The average molecular weight is 254 g/mol. The van der Waals surface area contributed by atoms with Gasteiger partial charge >= 0.3 is 6.09 Å². The van der Waals surface area contributed by atoms with E-state index in [0.29, 0.717) is 11.3 Å². The Morgan fingerprint density at radius 3 is 2.61 bits per heavy atom. The van der Waals surface area contributed by atoms with Crippen molar-refractivity contribution in [3.05, 3.63) is 29.6 Å². The monoisotopic (exact) mass is 254 g/mol. The number of rotatable bonds is 2. The van der Waals surface area contributed by atoms with Gasteiger partial charge in [0.25, 0.3) is 0 Å². The zero-order valence-electron chi connectivity index (χ0n) is 11.2. The minimum Gasteiger partial charge on any atom is -0.444 e. The molecule has 0 heterocycles. The molecule has 5 heteroatoms. The molecule has 100 valence electrons. The van der Waals surface area contributed by atoms with Crippen LogP contribution < -0.4 is 5.73 Å². The number of nitrogen functional groups attached to an aromatic ring is 1. The molecule has 1 amide bonds. The third-order valence-electron chi connectivity index (χ3n) is 2.18. The van der Waals surface area contributed by atoms with Crippen LogP contribution in [-0.4, -0.2) is 23.6 Å². The Morgan fingerprint density at radius 1 is 1.44 bits per heavy atom. The van der Waals surface area contributed by atoms with Gasteiger partial charge in [-0.25, -0.2) is 9.18 Å². The highest BCUT2D eigenvalue weighted by atomic mass is 19.1. The van der Waals surface area contributed by atoms with Crippen LogP contribution in [0.5, 0.6) is 0 Å². The van der Waals surface area contributed by atoms with Gasteiger partial charge in [-0.05, 0) is 39.0 Å². The van der Waals surface area contributed by atoms with Gasteiger partial charge in [0, 0.05) is 18.3 Å². The quantitative estimate of drug-likeness (QED) is 0.826. The molecule has 0 aliphatic carbocycles. The predicted octanol–water partition coefficient (Wildman–Crippen LogP) is 2.77. The van der Waals surface area contributed by atoms with Gasteiger partial charge in [0.1, 0.15) is 11.4 Å². The summed E-state index contributed by atoms with van der Waals surface area (Å²) in [6.07, 6.45) is -0.496. The molecule has 0 aliphatic rings. The largest absolute Gasteiger partial charge is 0.444 e. The Bertz CT molecular complexity index is 441. The van der Waals surface area contributed by atoms with Crippen molar-refractivity contribution in [3.8, 4) is 0 Å². The van der Waals surface area contributed by atoms with Gasteiger partial charge in [0.15, 0.2) is 0 Å². The number of halogens is 1. The molecule has 0 radical (unpaired) electrons. The number of hydrogen-bond donors (Lipinski definition) is 1. The molecule has 1 aromatic carbocycles. The maximum atomic E-state index is 13.5. The van der Waals surface area contributed by atoms with E-state index in [0.717, 1.165) is 0 Å². The van der Waals surface area contributed by atoms with E-state index in [9.17, 15) is 9.18 Å². The molecule has 0 atom stereocenters. The van der Waals surface area contributed by atoms with Crippen LogP contribution >= 0.6 is 0 Å². The highest BCUT2D eigenvalue weighted by Gasteiger charge is 2.20. The van der Waals surface area contributed by atoms with Crippen LogP contribution in [0.3, 0.4) is 0 Å². The molecule has 1 rings (SSSR count). The SMILES string of the molecule is CN(Cc1cc(N)ccc1F)C(=O)OC(C)(C)C. The van der Waals surface area contributed by atoms with Gasteiger partial charge in [0.05, 0.1) is 6.54 Å². The van der Waals surface area contributed by atoms with Crippen LogP contribution in [-0.2, 0) is 11.3 Å². The van der Waals surface area contributed by atoms with Crippen molar-refractivity contribution in [1.82, 2.24) is 4.90 Å². The molecule has 0 saturated heterocycles. The van der Waals surface area contributed by atoms with E-state index < -0.39 is 11.7 Å². The molecule has 0 bridgehead atoms. The number of carbonyl (C=O) groups excluding carboxylic acids is 1. The first-order valence-electron chi connectivity index (χ1n) is 5.67. The molecule has 0 fully saturated rings. The Morgan fingerprint density at radius 2 is 2.06 bits per heavy atom. The number of nitrogens with zero attached hydrogens (tertiary/aromatic N) is 1. The predicted molar refractivity (Wildman–Crippen MR) is 68.5 cm³/mol. The lowest BCUT2D eigenvalue weighted by atomic mass is 10.2. The van der Waals surface area contributed by atoms with Gasteiger partial charge in [-0.1, -0.05) is 0 Å². The summed E-state index contributed by atoms with van der Waals surface area (Å²) in [5.41, 5.74) is 5.84. The Hall–Kier alpha value is -1.78. The second-order valence-corrected chi connectivity index (χ2v) is 5.19. The smallest absolute Gasteiger partial charge is 0.410 e. The third-order valence-corrected chi connectivity index (χ3v) is 2.18. The molecule has 0 aromatic heterocycles. The number of nitrogens with two attached hydrogens (primary N) is 1. The van der Waals surface area contributed by atoms with Crippen LogP contribution in [0.4, 0.5) is 14.9 Å². The highest BCUT2D eigenvalue weighted by molar-refractivity contribution is 5.67. The lowest BCUT2D eigenvalue weighted by Gasteiger charge is -2.24. The fourth-order valence-electron chi connectivity index (χ4n) is 1.38. The molecule has 0 unspecified atom stereocenters. The summed E-state index contributed by atoms with van der Waals surface area (Å²) < 4.78 is 18.7. The molecule has 18 heavy (non-hydrogen) atoms. The summed E-state index contributed by atoms with van der Waals surface area (Å²) in [5, 5.41) is 0. The van der Waals surface area contributed by atoms with Crippen LogP contribution in [0.25, 0.3) is 0 Å². The third kappa shape index (κ3) is 4.24. The average Bonchev–Trinajstić information content (AvgIpc) is 2.21. The minimum absolute atomic E-state index is 0.117. The van der Waals surface area contributed by atoms with E-state index in [-0.39, 0.29) is 12.4 Å². The number of anilines is 1. The lowest BCUT2D eigenvalue weighted by molar-refractivity contribution is 0.0284. The summed E-state index contributed by atoms with van der Waals surface area (Å²) in [6, 6.07) is 4.27. The molecule has 0 saturated carbocycles. The normalized spacial score (nSPS) is 11.2. The lowest BCUT2D eigenvalue weighted by Crippen LogP contribution is -2.34. The zero-order valence-corrected chi connectivity index (χ0v) is 11.2. The van der Waals surface area contributed by atoms with E-state index in [1.807, 2.05) is 0 Å². The number of ether oxygens (including phenoxy) is 1. The Balaban J connectivity index is 2.72. The van der Waals surface area contributed by atoms with Crippen molar-refractivity contribution in [2.45, 2.75) is 32.9 Å². The topological polar surface area (TPSA) is 55.6 Å². The fourth-order valence-corrected chi connectivity index (χ4v) is 1.38. The minimum atomic E-state index is -0.570. The number of hydrogen-bond acceptors (Lipinski definition) is 3. The Labute approximate surface area is 107 Å². The van der Waals surface area contributed by atoms with Gasteiger partial charge in [0.2, 0.25) is 0 Å². The van der Waals surface area contributed by atoms with Gasteiger partial charge in [-0.2, -0.15) is 0 Å². The summed E-state index contributed by atoms with van der Waals surface area (Å²) in [6.45, 7) is 5.45. The summed E-state index contributed by atoms with van der Waals surface area (Å²) in [5.74, 6) is -0.389. The molecule has 4 nitrogen and oxygen atoms in total. The first-order chi connectivity index (χ1) is 8.19. The van der Waals surface area contributed by atoms with Gasteiger partial charge in [-0.3, -0.25) is 0 Å². The number of carbonyl (C=O) groups is 1. The second-order valence-electron chi connectivity index (χ2n) is 5.19. The van der Waals surface area contributed by atoms with E-state index in [4.69, 9.17) is 10.5 Å². The zero-order chi connectivity index (χ0) is 13.9. The number of amides is 1. The van der Waals surface area contributed by atoms with Crippen LogP contribution in [0, 0.1) is 5.82 Å². The molecular weight excluding hydrogens is 235 g/mol. The van der Waals surface area contributed by atoms with Gasteiger partial charge < -0.3 is 15.4 Å². The van der Waals surface area contributed by atoms with Crippen molar-refractivity contribution in [1.29, 1.82) is 0 Å². The van der Waals surface area contributed by atoms with Gasteiger partial charge in [-0.15, -0.1) is 0 Å². The van der Waals surface area contributed by atoms with Crippen LogP contribution in [0.15, 0.2) is 18.2 Å². The Kier molecular flexibility index (Phi) is 4.16. The summed E-state index contributed by atoms with van der Waals surface area (Å²) >= 11 is 0. The fraction of sp³-hybridized carbons (Fsp3) is 0.462. The van der Waals surface area contributed by atoms with Crippen molar-refractivity contribution >= 4 is 11.8 Å². The molecule has 0 aliphatic heterocycles. The standard InChI is InChI=1S/C13H19FN2O2/c1-13(2,3)18-12(17)16(4)8-9-7-10(15)5-6-11(9)14/h5-7H,8,15H2,1-4H3. The van der Waals surface area contributed by atoms with Crippen molar-refractivity contribution in [3.63, 3.8) is 0 Å². The summed E-state index contributed by atoms with van der Waals surface area (Å²) in [4.78, 5) is 13.0. The maximum Gasteiger partial charge on any atom is 0.410 e. The number of benzene rings is 1. The van der Waals surface area contributed by atoms with E-state index in [1.54, 1.807) is 27.8 Å². The van der Waals surface area contributed by atoms with E-state index >= 15 is 0 Å². The first-order valence-corrected chi connectivity index (χ1v) is 5.67.